The maximum Gasteiger partial charge on any atom is 0.180 e. The van der Waals surface area contributed by atoms with E-state index in [2.05, 4.69) is 4.98 Å². The van der Waals surface area contributed by atoms with Crippen molar-refractivity contribution in [2.24, 2.45) is 0 Å². The van der Waals surface area contributed by atoms with Crippen molar-refractivity contribution in [3.63, 3.8) is 0 Å². The fourth-order valence-corrected chi connectivity index (χ4v) is 1.95. The van der Waals surface area contributed by atoms with Crippen LogP contribution >= 0.6 is 11.3 Å². The molecular formula is C10H8F2N2S. The lowest BCUT2D eigenvalue weighted by molar-refractivity contribution is 0.506. The van der Waals surface area contributed by atoms with Crippen LogP contribution in [0.1, 0.15) is 5.56 Å². The van der Waals surface area contributed by atoms with Crippen LogP contribution in [0.3, 0.4) is 0 Å². The average molecular weight is 226 g/mol. The van der Waals surface area contributed by atoms with Crippen molar-refractivity contribution in [1.29, 1.82) is 0 Å². The Morgan fingerprint density at radius 3 is 2.60 bits per heavy atom. The second-order valence-corrected chi connectivity index (χ2v) is 4.18. The SMILES string of the molecule is Cc1ccc(-c2cnc(N)s2)c(F)c1F. The fraction of sp³-hybridized carbons (Fsp3) is 0.100. The molecule has 0 bridgehead atoms. The average Bonchev–Trinajstić information content (AvgIpc) is 2.61. The molecule has 0 saturated carbocycles. The zero-order chi connectivity index (χ0) is 11.0. The van der Waals surface area contributed by atoms with Crippen LogP contribution in [-0.2, 0) is 0 Å². The number of benzene rings is 1. The number of aryl methyl sites for hydroxylation is 1. The van der Waals surface area contributed by atoms with Crippen LogP contribution in [0.15, 0.2) is 18.3 Å². The number of hydrogen-bond acceptors (Lipinski definition) is 3. The summed E-state index contributed by atoms with van der Waals surface area (Å²) in [5.41, 5.74) is 5.91. The van der Waals surface area contributed by atoms with E-state index >= 15 is 0 Å². The van der Waals surface area contributed by atoms with E-state index in [0.717, 1.165) is 11.3 Å². The first-order chi connectivity index (χ1) is 7.09. The summed E-state index contributed by atoms with van der Waals surface area (Å²) in [6.07, 6.45) is 1.44. The summed E-state index contributed by atoms with van der Waals surface area (Å²) in [7, 11) is 0. The zero-order valence-corrected chi connectivity index (χ0v) is 8.74. The molecule has 0 saturated heterocycles. The van der Waals surface area contributed by atoms with Gasteiger partial charge in [0.1, 0.15) is 0 Å². The van der Waals surface area contributed by atoms with Gasteiger partial charge in [-0.05, 0) is 12.5 Å². The molecule has 2 nitrogen and oxygen atoms in total. The van der Waals surface area contributed by atoms with E-state index in [4.69, 9.17) is 5.73 Å². The maximum absolute atomic E-state index is 13.5. The minimum absolute atomic E-state index is 0.201. The van der Waals surface area contributed by atoms with Gasteiger partial charge in [0.25, 0.3) is 0 Å². The van der Waals surface area contributed by atoms with Crippen LogP contribution in [0.2, 0.25) is 0 Å². The van der Waals surface area contributed by atoms with Crippen molar-refractivity contribution < 1.29 is 8.78 Å². The number of thiazole rings is 1. The van der Waals surface area contributed by atoms with Crippen molar-refractivity contribution in [1.82, 2.24) is 4.98 Å². The Hall–Kier alpha value is -1.49. The Kier molecular flexibility index (Phi) is 2.40. The molecule has 2 aromatic rings. The van der Waals surface area contributed by atoms with E-state index < -0.39 is 11.6 Å². The largest absolute Gasteiger partial charge is 0.375 e. The van der Waals surface area contributed by atoms with Gasteiger partial charge in [0, 0.05) is 11.8 Å². The molecular weight excluding hydrogens is 218 g/mol. The molecule has 2 N–H and O–H groups in total. The summed E-state index contributed by atoms with van der Waals surface area (Å²) in [5.74, 6) is -1.67. The highest BCUT2D eigenvalue weighted by molar-refractivity contribution is 7.18. The van der Waals surface area contributed by atoms with Gasteiger partial charge >= 0.3 is 0 Å². The number of aromatic nitrogens is 1. The minimum Gasteiger partial charge on any atom is -0.375 e. The lowest BCUT2D eigenvalue weighted by Gasteiger charge is -2.02. The first kappa shape index (κ1) is 10.0. The number of anilines is 1. The molecule has 0 aliphatic carbocycles. The highest BCUT2D eigenvalue weighted by Crippen LogP contribution is 2.31. The molecule has 15 heavy (non-hydrogen) atoms. The van der Waals surface area contributed by atoms with E-state index in [1.54, 1.807) is 0 Å². The molecule has 0 radical (unpaired) electrons. The predicted molar refractivity (Wildman–Crippen MR) is 56.6 cm³/mol. The van der Waals surface area contributed by atoms with Gasteiger partial charge in [-0.3, -0.25) is 0 Å². The lowest BCUT2D eigenvalue weighted by Crippen LogP contribution is -1.91. The quantitative estimate of drug-likeness (QED) is 0.811. The first-order valence-corrected chi connectivity index (χ1v) is 5.07. The molecule has 0 atom stereocenters. The van der Waals surface area contributed by atoms with Gasteiger partial charge in [0.2, 0.25) is 0 Å². The van der Waals surface area contributed by atoms with Crippen molar-refractivity contribution in [3.05, 3.63) is 35.5 Å². The monoisotopic (exact) mass is 226 g/mol. The molecule has 0 fully saturated rings. The van der Waals surface area contributed by atoms with Crippen molar-refractivity contribution in [2.45, 2.75) is 6.92 Å². The fourth-order valence-electron chi connectivity index (χ4n) is 1.25. The van der Waals surface area contributed by atoms with Crippen molar-refractivity contribution in [3.8, 4) is 10.4 Å². The van der Waals surface area contributed by atoms with Crippen LogP contribution in [0, 0.1) is 18.6 Å². The second-order valence-electron chi connectivity index (χ2n) is 3.12. The first-order valence-electron chi connectivity index (χ1n) is 4.26. The topological polar surface area (TPSA) is 38.9 Å². The van der Waals surface area contributed by atoms with Crippen molar-refractivity contribution >= 4 is 16.5 Å². The van der Waals surface area contributed by atoms with Crippen LogP contribution in [0.25, 0.3) is 10.4 Å². The number of nitrogens with zero attached hydrogens (tertiary/aromatic N) is 1. The van der Waals surface area contributed by atoms with E-state index in [1.807, 2.05) is 0 Å². The van der Waals surface area contributed by atoms with Gasteiger partial charge < -0.3 is 5.73 Å². The molecule has 0 aliphatic heterocycles. The molecule has 0 unspecified atom stereocenters. The van der Waals surface area contributed by atoms with E-state index in [9.17, 15) is 8.78 Å². The summed E-state index contributed by atoms with van der Waals surface area (Å²) < 4.78 is 26.8. The highest BCUT2D eigenvalue weighted by atomic mass is 32.1. The molecule has 1 aromatic heterocycles. The standard InChI is InChI=1S/C10H8F2N2S/c1-5-2-3-6(9(12)8(5)11)7-4-14-10(13)15-7/h2-4H,1H3,(H2,13,14). The Balaban J connectivity index is 2.59. The van der Waals surface area contributed by atoms with E-state index in [-0.39, 0.29) is 11.1 Å². The van der Waals surface area contributed by atoms with Crippen LogP contribution < -0.4 is 5.73 Å². The molecule has 0 amide bonds. The highest BCUT2D eigenvalue weighted by Gasteiger charge is 2.14. The number of rotatable bonds is 1. The summed E-state index contributed by atoms with van der Waals surface area (Å²) in [4.78, 5) is 4.32. The second kappa shape index (κ2) is 3.58. The number of halogens is 2. The van der Waals surface area contributed by atoms with Gasteiger partial charge in [0.05, 0.1) is 4.88 Å². The minimum atomic E-state index is -0.848. The van der Waals surface area contributed by atoms with Crippen LogP contribution in [-0.4, -0.2) is 4.98 Å². The third kappa shape index (κ3) is 1.70. The van der Waals surface area contributed by atoms with E-state index in [0.29, 0.717) is 10.0 Å². The summed E-state index contributed by atoms with van der Waals surface area (Å²) in [6.45, 7) is 1.52. The van der Waals surface area contributed by atoms with Gasteiger partial charge in [-0.15, -0.1) is 0 Å². The molecule has 78 valence electrons. The number of hydrogen-bond donors (Lipinski definition) is 1. The Morgan fingerprint density at radius 1 is 1.27 bits per heavy atom. The zero-order valence-electron chi connectivity index (χ0n) is 7.92. The Morgan fingerprint density at radius 2 is 2.00 bits per heavy atom. The van der Waals surface area contributed by atoms with Crippen LogP contribution in [0.5, 0.6) is 0 Å². The molecule has 5 heteroatoms. The Labute approximate surface area is 89.4 Å². The van der Waals surface area contributed by atoms with Gasteiger partial charge in [-0.25, -0.2) is 13.8 Å². The van der Waals surface area contributed by atoms with Gasteiger partial charge in [-0.2, -0.15) is 0 Å². The number of nitrogens with two attached hydrogens (primary N) is 1. The molecule has 2 rings (SSSR count). The smallest absolute Gasteiger partial charge is 0.180 e. The summed E-state index contributed by atoms with van der Waals surface area (Å²) in [5, 5.41) is 0.338. The van der Waals surface area contributed by atoms with Crippen LogP contribution in [0.4, 0.5) is 13.9 Å². The molecule has 1 aromatic carbocycles. The normalized spacial score (nSPS) is 10.6. The summed E-state index contributed by atoms with van der Waals surface area (Å²) >= 11 is 1.13. The predicted octanol–water partition coefficient (Wildman–Crippen LogP) is 2.98. The van der Waals surface area contributed by atoms with Gasteiger partial charge in [0.15, 0.2) is 16.8 Å². The molecule has 0 aliphatic rings. The summed E-state index contributed by atoms with van der Waals surface area (Å²) in [6, 6.07) is 3.06. The van der Waals surface area contributed by atoms with E-state index in [1.165, 1.54) is 25.3 Å². The third-order valence-corrected chi connectivity index (χ3v) is 2.92. The third-order valence-electron chi connectivity index (χ3n) is 2.06. The lowest BCUT2D eigenvalue weighted by atomic mass is 10.1. The Bertz CT molecular complexity index is 508. The maximum atomic E-state index is 13.5. The molecule has 1 heterocycles. The number of nitrogen functional groups attached to an aromatic ring is 1. The van der Waals surface area contributed by atoms with Crippen molar-refractivity contribution in [2.75, 3.05) is 5.73 Å². The van der Waals surface area contributed by atoms with Gasteiger partial charge in [-0.1, -0.05) is 23.5 Å². The molecule has 0 spiro atoms.